The molecule has 0 N–H and O–H groups in total. The fraction of sp³-hybridized carbons (Fsp3) is 1.00. The van der Waals surface area contributed by atoms with E-state index in [1.54, 1.807) is 7.28 Å². The Bertz CT molecular complexity index is 216. The molecule has 0 aliphatic heterocycles. The number of hydrogen-bond donors (Lipinski definition) is 0. The summed E-state index contributed by atoms with van der Waals surface area (Å²) in [6.45, 7) is 9.36. The molecule has 0 aromatic heterocycles. The van der Waals surface area contributed by atoms with Crippen molar-refractivity contribution >= 4 is 7.28 Å². The second-order valence-corrected chi connectivity index (χ2v) is 8.66. The van der Waals surface area contributed by atoms with Crippen LogP contribution >= 0.6 is 0 Å². The molecule has 25 heavy (non-hydrogen) atoms. The van der Waals surface area contributed by atoms with Crippen LogP contribution in [0.4, 0.5) is 0 Å². The van der Waals surface area contributed by atoms with Gasteiger partial charge in [-0.1, -0.05) is 155 Å². The number of hydrogen-bond acceptors (Lipinski definition) is 0. The summed E-state index contributed by atoms with van der Waals surface area (Å²) in [6, 6.07) is 0. The van der Waals surface area contributed by atoms with E-state index in [9.17, 15) is 0 Å². The summed E-state index contributed by atoms with van der Waals surface area (Å²) in [5.74, 6) is 2.05. The smallest absolute Gasteiger partial charge is 0.0654 e. The second-order valence-electron chi connectivity index (χ2n) is 8.66. The van der Waals surface area contributed by atoms with Crippen LogP contribution in [0.3, 0.4) is 0 Å². The van der Waals surface area contributed by atoms with Gasteiger partial charge in [-0.15, -0.1) is 0 Å². The van der Waals surface area contributed by atoms with Crippen LogP contribution in [0.2, 0.25) is 11.6 Å². The van der Waals surface area contributed by atoms with E-state index in [4.69, 9.17) is 0 Å². The Morgan fingerprint density at radius 2 is 0.720 bits per heavy atom. The molecule has 0 aromatic rings. The average Bonchev–Trinajstić information content (AvgIpc) is 2.63. The van der Waals surface area contributed by atoms with Crippen molar-refractivity contribution in [1.29, 1.82) is 0 Å². The number of unbranched alkanes of at least 4 members (excludes halogenated alkanes) is 10. The summed E-state index contributed by atoms with van der Waals surface area (Å²) in [5.41, 5.74) is 0. The van der Waals surface area contributed by atoms with Gasteiger partial charge in [0, 0.05) is 0 Å². The third-order valence-corrected chi connectivity index (χ3v) is 6.03. The molecule has 0 saturated heterocycles. The molecule has 0 saturated carbocycles. The summed E-state index contributed by atoms with van der Waals surface area (Å²) in [4.78, 5) is 0. The molecule has 0 rings (SSSR count). The quantitative estimate of drug-likeness (QED) is 0.152. The maximum absolute atomic E-state index is 2.36. The molecule has 1 heteroatoms. The lowest BCUT2D eigenvalue weighted by atomic mass is 9.50. The summed E-state index contributed by atoms with van der Waals surface area (Å²) in [6.07, 6.45) is 26.2. The normalized spacial score (nSPS) is 11.6. The molecule has 150 valence electrons. The highest BCUT2D eigenvalue weighted by Gasteiger charge is 2.17. The zero-order valence-corrected chi connectivity index (χ0v) is 18.6. The fourth-order valence-electron chi connectivity index (χ4n) is 4.29. The minimum atomic E-state index is 1.02. The topological polar surface area (TPSA) is 0 Å². The number of rotatable bonds is 20. The lowest BCUT2D eigenvalue weighted by molar-refractivity contribution is 0.527. The molecule has 0 unspecified atom stereocenters. The Morgan fingerprint density at radius 3 is 1.08 bits per heavy atom. The van der Waals surface area contributed by atoms with E-state index >= 15 is 0 Å². The Balaban J connectivity index is 4.27. The van der Waals surface area contributed by atoms with Gasteiger partial charge < -0.3 is 0 Å². The van der Waals surface area contributed by atoms with Crippen LogP contribution in [0.15, 0.2) is 0 Å². The third kappa shape index (κ3) is 17.2. The van der Waals surface area contributed by atoms with Crippen LogP contribution in [-0.2, 0) is 0 Å². The average molecular weight is 350 g/mol. The predicted molar refractivity (Wildman–Crippen MR) is 120 cm³/mol. The van der Waals surface area contributed by atoms with Gasteiger partial charge in [0.25, 0.3) is 0 Å². The van der Waals surface area contributed by atoms with Gasteiger partial charge in [0.2, 0.25) is 0 Å². The molecule has 0 aromatic carbocycles. The molecule has 0 bridgehead atoms. The van der Waals surface area contributed by atoms with Gasteiger partial charge in [0.15, 0.2) is 0 Å². The van der Waals surface area contributed by atoms with Crippen LogP contribution in [0.25, 0.3) is 0 Å². The maximum atomic E-state index is 2.36. The van der Waals surface area contributed by atoms with Gasteiger partial charge in [-0.2, -0.15) is 0 Å². The Kier molecular flexibility index (Phi) is 20.4. The Hall–Kier alpha value is 0.0649. The highest BCUT2D eigenvalue weighted by Crippen LogP contribution is 2.31. The first-order valence-electron chi connectivity index (χ1n) is 12.3. The molecule has 0 spiro atoms. The Labute approximate surface area is 162 Å². The van der Waals surface area contributed by atoms with Crippen LogP contribution in [-0.4, -0.2) is 7.28 Å². The van der Waals surface area contributed by atoms with Crippen LogP contribution in [0.1, 0.15) is 143 Å². The zero-order valence-electron chi connectivity index (χ0n) is 18.6. The van der Waals surface area contributed by atoms with Gasteiger partial charge >= 0.3 is 0 Å². The van der Waals surface area contributed by atoms with E-state index in [0.29, 0.717) is 0 Å². The first-order chi connectivity index (χ1) is 12.3. The minimum absolute atomic E-state index is 1.02. The van der Waals surface area contributed by atoms with Crippen molar-refractivity contribution in [2.45, 2.75) is 155 Å². The zero-order chi connectivity index (χ0) is 18.6. The van der Waals surface area contributed by atoms with Crippen molar-refractivity contribution in [3.05, 3.63) is 0 Å². The molecule has 0 amide bonds. The van der Waals surface area contributed by atoms with Gasteiger partial charge in [0.05, 0.1) is 0 Å². The largest absolute Gasteiger partial charge is 0.127 e. The molecule has 0 radical (unpaired) electrons. The van der Waals surface area contributed by atoms with E-state index in [1.165, 1.54) is 116 Å². The molecule has 0 heterocycles. The molecular weight excluding hydrogens is 299 g/mol. The van der Waals surface area contributed by atoms with Crippen molar-refractivity contribution in [2.75, 3.05) is 0 Å². The van der Waals surface area contributed by atoms with Crippen molar-refractivity contribution in [2.24, 2.45) is 0 Å². The van der Waals surface area contributed by atoms with E-state index < -0.39 is 0 Å². The van der Waals surface area contributed by atoms with Gasteiger partial charge in [-0.05, 0) is 0 Å². The van der Waals surface area contributed by atoms with E-state index in [2.05, 4.69) is 27.7 Å². The lowest BCUT2D eigenvalue weighted by Gasteiger charge is -2.23. The molecule has 0 atom stereocenters. The summed E-state index contributed by atoms with van der Waals surface area (Å²) in [5, 5.41) is 0. The monoisotopic (exact) mass is 350 g/mol. The fourth-order valence-corrected chi connectivity index (χ4v) is 4.29. The SMILES string of the molecule is CCCCCCCC(BC(CCCC)CCCC)CCCCCCC. The molecule has 0 aliphatic rings. The molecule has 0 aliphatic carbocycles. The van der Waals surface area contributed by atoms with Crippen LogP contribution < -0.4 is 0 Å². The molecular formula is C24H51B. The van der Waals surface area contributed by atoms with Gasteiger partial charge in [0.1, 0.15) is 7.28 Å². The molecule has 0 fully saturated rings. The first-order valence-corrected chi connectivity index (χ1v) is 12.3. The first kappa shape index (κ1) is 25.1. The van der Waals surface area contributed by atoms with Crippen molar-refractivity contribution in [3.8, 4) is 0 Å². The van der Waals surface area contributed by atoms with Crippen LogP contribution in [0, 0.1) is 0 Å². The lowest BCUT2D eigenvalue weighted by Crippen LogP contribution is -2.12. The predicted octanol–water partition coefficient (Wildman–Crippen LogP) is 9.10. The van der Waals surface area contributed by atoms with Gasteiger partial charge in [-0.25, -0.2) is 0 Å². The standard InChI is InChI=1S/C24H51B/c1-5-9-13-15-17-21-24(22-18-16-14-10-6-2)25-23(19-11-7-3)20-12-8-4/h23-25H,5-22H2,1-4H3. The Morgan fingerprint density at radius 1 is 0.400 bits per heavy atom. The minimum Gasteiger partial charge on any atom is -0.0654 e. The summed E-state index contributed by atoms with van der Waals surface area (Å²) in [7, 11) is 1.54. The summed E-state index contributed by atoms with van der Waals surface area (Å²) < 4.78 is 0. The van der Waals surface area contributed by atoms with Gasteiger partial charge in [-0.3, -0.25) is 0 Å². The van der Waals surface area contributed by atoms with Crippen LogP contribution in [0.5, 0.6) is 0 Å². The van der Waals surface area contributed by atoms with E-state index in [-0.39, 0.29) is 0 Å². The summed E-state index contributed by atoms with van der Waals surface area (Å²) >= 11 is 0. The second kappa shape index (κ2) is 20.4. The van der Waals surface area contributed by atoms with Crippen molar-refractivity contribution < 1.29 is 0 Å². The van der Waals surface area contributed by atoms with E-state index in [0.717, 1.165) is 11.6 Å². The highest BCUT2D eigenvalue weighted by atomic mass is 14.1. The van der Waals surface area contributed by atoms with E-state index in [1.807, 2.05) is 0 Å². The maximum Gasteiger partial charge on any atom is 0.127 e. The van der Waals surface area contributed by atoms with Crippen molar-refractivity contribution in [3.63, 3.8) is 0 Å². The van der Waals surface area contributed by atoms with Crippen molar-refractivity contribution in [1.82, 2.24) is 0 Å². The third-order valence-electron chi connectivity index (χ3n) is 6.03. The molecule has 0 nitrogen and oxygen atoms in total. The highest BCUT2D eigenvalue weighted by molar-refractivity contribution is 6.39.